The molecule has 2 amide bonds. The van der Waals surface area contributed by atoms with Gasteiger partial charge in [-0.25, -0.2) is 0 Å². The van der Waals surface area contributed by atoms with E-state index >= 15 is 0 Å². The highest BCUT2D eigenvalue weighted by Gasteiger charge is 2.32. The molecule has 2 N–H and O–H groups in total. The van der Waals surface area contributed by atoms with E-state index in [1.165, 1.54) is 12.8 Å². The molecule has 114 valence electrons. The van der Waals surface area contributed by atoms with Crippen LogP contribution in [-0.4, -0.2) is 61.1 Å². The average Bonchev–Trinajstić information content (AvgIpc) is 3.22. The first-order chi connectivity index (χ1) is 9.58. The molecule has 0 aromatic carbocycles. The molecule has 0 aromatic heterocycles. The van der Waals surface area contributed by atoms with Gasteiger partial charge in [0.05, 0.1) is 13.2 Å². The van der Waals surface area contributed by atoms with E-state index in [0.29, 0.717) is 38.8 Å². The van der Waals surface area contributed by atoms with Gasteiger partial charge in [-0.3, -0.25) is 9.59 Å². The summed E-state index contributed by atoms with van der Waals surface area (Å²) in [5.74, 6) is -0.0893. The van der Waals surface area contributed by atoms with E-state index in [0.717, 1.165) is 0 Å². The predicted molar refractivity (Wildman–Crippen MR) is 75.2 cm³/mol. The summed E-state index contributed by atoms with van der Waals surface area (Å²) in [5, 5.41) is 6.18. The Balaban J connectivity index is 1.84. The van der Waals surface area contributed by atoms with Gasteiger partial charge in [0.1, 0.15) is 6.04 Å². The fraction of sp³-hybridized carbons (Fsp3) is 0.857. The Morgan fingerprint density at radius 2 is 2.10 bits per heavy atom. The van der Waals surface area contributed by atoms with Gasteiger partial charge in [-0.15, -0.1) is 0 Å². The molecular formula is C14H25N3O3. The highest BCUT2D eigenvalue weighted by atomic mass is 16.5. The Morgan fingerprint density at radius 3 is 2.75 bits per heavy atom. The van der Waals surface area contributed by atoms with Crippen molar-refractivity contribution >= 4 is 11.8 Å². The topological polar surface area (TPSA) is 70.7 Å². The molecule has 1 aliphatic carbocycles. The molecule has 1 heterocycles. The minimum atomic E-state index is -0.487. The van der Waals surface area contributed by atoms with Crippen molar-refractivity contribution in [2.75, 3.05) is 26.3 Å². The Bertz CT molecular complexity index is 356. The van der Waals surface area contributed by atoms with Crippen LogP contribution in [0.2, 0.25) is 0 Å². The lowest BCUT2D eigenvalue weighted by Gasteiger charge is -2.35. The third-order valence-corrected chi connectivity index (χ3v) is 3.53. The molecule has 0 aromatic rings. The number of morpholine rings is 1. The van der Waals surface area contributed by atoms with E-state index in [4.69, 9.17) is 4.74 Å². The summed E-state index contributed by atoms with van der Waals surface area (Å²) in [7, 11) is 0. The zero-order valence-corrected chi connectivity index (χ0v) is 12.4. The van der Waals surface area contributed by atoms with Gasteiger partial charge >= 0.3 is 0 Å². The predicted octanol–water partition coefficient (Wildman–Crippen LogP) is -0.119. The Labute approximate surface area is 120 Å². The van der Waals surface area contributed by atoms with Gasteiger partial charge in [0.15, 0.2) is 0 Å². The highest BCUT2D eigenvalue weighted by Crippen LogP contribution is 2.18. The number of nitrogens with one attached hydrogen (secondary N) is 2. The van der Waals surface area contributed by atoms with Gasteiger partial charge in [0.25, 0.3) is 0 Å². The molecule has 6 heteroatoms. The summed E-state index contributed by atoms with van der Waals surface area (Å²) in [6, 6.07) is 0.185. The lowest BCUT2D eigenvalue weighted by molar-refractivity contribution is -0.148. The maximum Gasteiger partial charge on any atom is 0.245 e. The van der Waals surface area contributed by atoms with Gasteiger partial charge < -0.3 is 20.3 Å². The summed E-state index contributed by atoms with van der Waals surface area (Å²) in [5.41, 5.74) is 0. The largest absolute Gasteiger partial charge is 0.377 e. The third-order valence-electron chi connectivity index (χ3n) is 3.53. The van der Waals surface area contributed by atoms with Crippen molar-refractivity contribution in [3.8, 4) is 0 Å². The molecule has 2 rings (SSSR count). The van der Waals surface area contributed by atoms with Crippen LogP contribution in [0.4, 0.5) is 0 Å². The van der Waals surface area contributed by atoms with E-state index < -0.39 is 6.04 Å². The standard InChI is InChI=1S/C14H25N3O3/c1-10(2)16-14(19)12-9-20-8-7-17(12)13(18)5-6-15-11-3-4-11/h10-12,15H,3-9H2,1-2H3,(H,16,19). The number of ether oxygens (including phenoxy) is 1. The average molecular weight is 283 g/mol. The molecule has 6 nitrogen and oxygen atoms in total. The maximum absolute atomic E-state index is 12.3. The van der Waals surface area contributed by atoms with Crippen molar-refractivity contribution in [2.45, 2.75) is 51.2 Å². The number of amides is 2. The Hall–Kier alpha value is -1.14. The van der Waals surface area contributed by atoms with Crippen molar-refractivity contribution in [1.82, 2.24) is 15.5 Å². The van der Waals surface area contributed by atoms with Crippen molar-refractivity contribution in [3.05, 3.63) is 0 Å². The molecule has 20 heavy (non-hydrogen) atoms. The first-order valence-electron chi connectivity index (χ1n) is 7.49. The fourth-order valence-corrected chi connectivity index (χ4v) is 2.31. The molecule has 1 atom stereocenters. The van der Waals surface area contributed by atoms with Crippen molar-refractivity contribution in [1.29, 1.82) is 0 Å². The minimum absolute atomic E-state index is 0.0327. The number of nitrogens with zero attached hydrogens (tertiary/aromatic N) is 1. The van der Waals surface area contributed by atoms with Crippen LogP contribution in [0.25, 0.3) is 0 Å². The first kappa shape index (κ1) is 15.3. The summed E-state index contributed by atoms with van der Waals surface area (Å²) in [6.07, 6.45) is 2.87. The van der Waals surface area contributed by atoms with E-state index in [1.807, 2.05) is 13.8 Å². The smallest absolute Gasteiger partial charge is 0.245 e. The summed E-state index contributed by atoms with van der Waals surface area (Å²) >= 11 is 0. The molecule has 2 aliphatic rings. The van der Waals surface area contributed by atoms with Crippen LogP contribution in [0, 0.1) is 0 Å². The third kappa shape index (κ3) is 4.45. The lowest BCUT2D eigenvalue weighted by atomic mass is 10.1. The van der Waals surface area contributed by atoms with Gasteiger partial charge in [-0.2, -0.15) is 0 Å². The monoisotopic (exact) mass is 283 g/mol. The van der Waals surface area contributed by atoms with Crippen LogP contribution in [0.5, 0.6) is 0 Å². The number of hydrogen-bond acceptors (Lipinski definition) is 4. The molecule has 1 unspecified atom stereocenters. The van der Waals surface area contributed by atoms with Gasteiger partial charge in [0, 0.05) is 31.6 Å². The van der Waals surface area contributed by atoms with Crippen molar-refractivity contribution < 1.29 is 14.3 Å². The molecule has 0 radical (unpaired) electrons. The molecule has 0 bridgehead atoms. The van der Waals surface area contributed by atoms with Crippen LogP contribution in [0.15, 0.2) is 0 Å². The van der Waals surface area contributed by atoms with E-state index in [9.17, 15) is 9.59 Å². The SMILES string of the molecule is CC(C)NC(=O)C1COCCN1C(=O)CCNC1CC1. The van der Waals surface area contributed by atoms with Crippen LogP contribution < -0.4 is 10.6 Å². The van der Waals surface area contributed by atoms with Crippen LogP contribution in [-0.2, 0) is 14.3 Å². The van der Waals surface area contributed by atoms with E-state index in [-0.39, 0.29) is 17.9 Å². The van der Waals surface area contributed by atoms with Crippen LogP contribution in [0.3, 0.4) is 0 Å². The quantitative estimate of drug-likeness (QED) is 0.713. The maximum atomic E-state index is 12.3. The molecular weight excluding hydrogens is 258 g/mol. The summed E-state index contributed by atoms with van der Waals surface area (Å²) < 4.78 is 5.35. The number of hydrogen-bond donors (Lipinski definition) is 2. The second-order valence-corrected chi connectivity index (χ2v) is 5.82. The molecule has 1 aliphatic heterocycles. The second kappa shape index (κ2) is 7.04. The molecule has 1 saturated carbocycles. The van der Waals surface area contributed by atoms with Crippen molar-refractivity contribution in [2.24, 2.45) is 0 Å². The summed E-state index contributed by atoms with van der Waals surface area (Å²) in [6.45, 7) is 5.81. The Morgan fingerprint density at radius 1 is 1.35 bits per heavy atom. The minimum Gasteiger partial charge on any atom is -0.377 e. The summed E-state index contributed by atoms with van der Waals surface area (Å²) in [4.78, 5) is 26.0. The zero-order chi connectivity index (χ0) is 14.5. The molecule has 1 saturated heterocycles. The Kier molecular flexibility index (Phi) is 5.37. The van der Waals surface area contributed by atoms with Crippen LogP contribution in [0.1, 0.15) is 33.1 Å². The number of carbonyl (C=O) groups is 2. The fourth-order valence-electron chi connectivity index (χ4n) is 2.31. The highest BCUT2D eigenvalue weighted by molar-refractivity contribution is 5.88. The number of rotatable bonds is 6. The normalized spacial score (nSPS) is 22.9. The molecule has 2 fully saturated rings. The first-order valence-corrected chi connectivity index (χ1v) is 7.49. The zero-order valence-electron chi connectivity index (χ0n) is 12.4. The number of carbonyl (C=O) groups excluding carboxylic acids is 2. The van der Waals surface area contributed by atoms with Gasteiger partial charge in [-0.05, 0) is 26.7 Å². The van der Waals surface area contributed by atoms with Gasteiger partial charge in [0.2, 0.25) is 11.8 Å². The van der Waals surface area contributed by atoms with Crippen LogP contribution >= 0.6 is 0 Å². The van der Waals surface area contributed by atoms with E-state index in [1.54, 1.807) is 4.90 Å². The molecule has 0 spiro atoms. The second-order valence-electron chi connectivity index (χ2n) is 5.82. The van der Waals surface area contributed by atoms with Gasteiger partial charge in [-0.1, -0.05) is 0 Å². The van der Waals surface area contributed by atoms with Crippen molar-refractivity contribution in [3.63, 3.8) is 0 Å². The van der Waals surface area contributed by atoms with E-state index in [2.05, 4.69) is 10.6 Å². The lowest BCUT2D eigenvalue weighted by Crippen LogP contribution is -2.57.